The summed E-state index contributed by atoms with van der Waals surface area (Å²) in [5.41, 5.74) is 3.05. The molecule has 6 rings (SSSR count). The zero-order valence-electron chi connectivity index (χ0n) is 23.9. The number of benzene rings is 2. The van der Waals surface area contributed by atoms with Crippen LogP contribution in [0.3, 0.4) is 0 Å². The van der Waals surface area contributed by atoms with Crippen molar-refractivity contribution in [3.8, 4) is 0 Å². The number of anilines is 2. The first kappa shape index (κ1) is 29.0. The van der Waals surface area contributed by atoms with Gasteiger partial charge in [-0.3, -0.25) is 9.36 Å². The maximum atomic E-state index is 12.5. The lowest BCUT2D eigenvalue weighted by Crippen LogP contribution is -2.42. The Morgan fingerprint density at radius 1 is 1.00 bits per heavy atom. The molecule has 4 aromatic rings. The first-order valence-corrected chi connectivity index (χ1v) is 14.8. The van der Waals surface area contributed by atoms with Crippen LogP contribution in [0.2, 0.25) is 0 Å². The van der Waals surface area contributed by atoms with Gasteiger partial charge < -0.3 is 36.0 Å². The molecule has 12 nitrogen and oxygen atoms in total. The standard InChI is InChI=1S/C31H37N7O5/c1-2-32-29(42)26-24(40)25(41)30(43-26)38-17-34-23-27(36-31(37-28(23)38)35-21-14-9-15-22(21)39)33-16-20(18-10-5-3-6-11-18)19-12-7-4-8-13-19/h3-8,10-13,17,20-22,24-26,30,39-41H,2,9,14-16H2,1H3,(H,32,42)(H2,33,35,36,37)/t21?,22?,24-,25+,26-,30+/m0/s1. The van der Waals surface area contributed by atoms with E-state index in [0.717, 1.165) is 24.0 Å². The van der Waals surface area contributed by atoms with Crippen molar-refractivity contribution in [2.45, 2.75) is 68.8 Å². The molecule has 0 spiro atoms. The molecule has 0 bridgehead atoms. The van der Waals surface area contributed by atoms with Crippen molar-refractivity contribution in [1.82, 2.24) is 24.8 Å². The number of aliphatic hydroxyl groups excluding tert-OH is 3. The zero-order valence-corrected chi connectivity index (χ0v) is 23.9. The van der Waals surface area contributed by atoms with E-state index >= 15 is 0 Å². The van der Waals surface area contributed by atoms with Crippen LogP contribution >= 0.6 is 0 Å². The van der Waals surface area contributed by atoms with Crippen molar-refractivity contribution in [3.63, 3.8) is 0 Å². The van der Waals surface area contributed by atoms with Crippen LogP contribution in [0, 0.1) is 0 Å². The van der Waals surface area contributed by atoms with Crippen LogP contribution in [0.5, 0.6) is 0 Å². The Morgan fingerprint density at radius 3 is 2.33 bits per heavy atom. The molecule has 2 unspecified atom stereocenters. The highest BCUT2D eigenvalue weighted by atomic mass is 16.6. The number of aromatic nitrogens is 4. The number of aliphatic hydroxyl groups is 3. The summed E-state index contributed by atoms with van der Waals surface area (Å²) in [6.07, 6.45) is -1.88. The predicted molar refractivity (Wildman–Crippen MR) is 160 cm³/mol. The second kappa shape index (κ2) is 12.6. The number of hydrogen-bond donors (Lipinski definition) is 6. The summed E-state index contributed by atoms with van der Waals surface area (Å²) in [4.78, 5) is 26.5. The van der Waals surface area contributed by atoms with Gasteiger partial charge in [0.1, 0.15) is 12.2 Å². The topological polar surface area (TPSA) is 167 Å². The lowest BCUT2D eigenvalue weighted by molar-refractivity contribution is -0.137. The van der Waals surface area contributed by atoms with E-state index in [4.69, 9.17) is 14.7 Å². The summed E-state index contributed by atoms with van der Waals surface area (Å²) < 4.78 is 7.38. The van der Waals surface area contributed by atoms with Gasteiger partial charge in [-0.15, -0.1) is 0 Å². The number of likely N-dealkylation sites (N-methyl/N-ethyl adjacent to an activating group) is 1. The highest BCUT2D eigenvalue weighted by molar-refractivity contribution is 5.85. The summed E-state index contributed by atoms with van der Waals surface area (Å²) in [7, 11) is 0. The number of imidazole rings is 1. The number of rotatable bonds is 10. The van der Waals surface area contributed by atoms with Crippen molar-refractivity contribution >= 4 is 28.8 Å². The minimum Gasteiger partial charge on any atom is -0.391 e. The molecule has 1 amide bonds. The van der Waals surface area contributed by atoms with E-state index in [0.29, 0.717) is 36.5 Å². The molecule has 0 radical (unpaired) electrons. The third-order valence-electron chi connectivity index (χ3n) is 8.21. The summed E-state index contributed by atoms with van der Waals surface area (Å²) in [6.45, 7) is 2.62. The molecule has 1 aliphatic carbocycles. The molecule has 6 atom stereocenters. The van der Waals surface area contributed by atoms with Crippen LogP contribution in [0.15, 0.2) is 67.0 Å². The third kappa shape index (κ3) is 5.91. The van der Waals surface area contributed by atoms with Gasteiger partial charge in [0.05, 0.1) is 18.5 Å². The van der Waals surface area contributed by atoms with Crippen LogP contribution in [0.25, 0.3) is 11.2 Å². The van der Waals surface area contributed by atoms with Gasteiger partial charge in [0, 0.05) is 19.0 Å². The highest BCUT2D eigenvalue weighted by Gasteiger charge is 2.47. The molecule has 2 aromatic carbocycles. The van der Waals surface area contributed by atoms with Gasteiger partial charge in [0.25, 0.3) is 5.91 Å². The average Bonchev–Trinajstić information content (AvgIpc) is 3.71. The number of carbonyl (C=O) groups excluding carboxylic acids is 1. The van der Waals surface area contributed by atoms with E-state index in [2.05, 4.69) is 45.2 Å². The van der Waals surface area contributed by atoms with Crippen LogP contribution in [-0.2, 0) is 9.53 Å². The van der Waals surface area contributed by atoms with E-state index in [-0.39, 0.29) is 17.9 Å². The van der Waals surface area contributed by atoms with Crippen LogP contribution in [0.1, 0.15) is 49.5 Å². The Bertz CT molecular complexity index is 1500. The normalized spacial score (nSPS) is 25.3. The molecular weight excluding hydrogens is 550 g/mol. The monoisotopic (exact) mass is 587 g/mol. The van der Waals surface area contributed by atoms with Crippen molar-refractivity contribution in [2.75, 3.05) is 23.7 Å². The van der Waals surface area contributed by atoms with E-state index in [1.54, 1.807) is 6.92 Å². The van der Waals surface area contributed by atoms with Gasteiger partial charge in [0.2, 0.25) is 5.95 Å². The Morgan fingerprint density at radius 2 is 1.70 bits per heavy atom. The predicted octanol–water partition coefficient (Wildman–Crippen LogP) is 2.15. The second-order valence-corrected chi connectivity index (χ2v) is 11.0. The van der Waals surface area contributed by atoms with Gasteiger partial charge in [-0.25, -0.2) is 4.98 Å². The summed E-state index contributed by atoms with van der Waals surface area (Å²) in [5.74, 6) is 0.245. The van der Waals surface area contributed by atoms with Crippen LogP contribution < -0.4 is 16.0 Å². The van der Waals surface area contributed by atoms with Crippen molar-refractivity contribution in [3.05, 3.63) is 78.1 Å². The number of nitrogens with one attached hydrogen (secondary N) is 3. The Hall–Kier alpha value is -4.10. The molecule has 12 heteroatoms. The molecule has 3 heterocycles. The highest BCUT2D eigenvalue weighted by Crippen LogP contribution is 2.34. The number of carbonyl (C=O) groups is 1. The molecule has 2 aliphatic rings. The molecule has 2 aromatic heterocycles. The molecule has 226 valence electrons. The summed E-state index contributed by atoms with van der Waals surface area (Å²) in [5, 5.41) is 41.4. The van der Waals surface area contributed by atoms with E-state index in [1.807, 2.05) is 36.4 Å². The second-order valence-electron chi connectivity index (χ2n) is 11.0. The van der Waals surface area contributed by atoms with Crippen LogP contribution in [0.4, 0.5) is 11.8 Å². The van der Waals surface area contributed by atoms with E-state index in [9.17, 15) is 20.1 Å². The third-order valence-corrected chi connectivity index (χ3v) is 8.21. The minimum absolute atomic E-state index is 0.00976. The largest absolute Gasteiger partial charge is 0.391 e. The van der Waals surface area contributed by atoms with E-state index in [1.165, 1.54) is 10.9 Å². The molecule has 1 saturated carbocycles. The maximum absolute atomic E-state index is 12.5. The fraction of sp³-hybridized carbons (Fsp3) is 0.419. The van der Waals surface area contributed by atoms with Crippen molar-refractivity contribution in [2.24, 2.45) is 0 Å². The Balaban J connectivity index is 1.36. The Labute approximate surface area is 249 Å². The van der Waals surface area contributed by atoms with Gasteiger partial charge >= 0.3 is 0 Å². The molecule has 6 N–H and O–H groups in total. The minimum atomic E-state index is -1.43. The lowest BCUT2D eigenvalue weighted by atomic mass is 9.91. The van der Waals surface area contributed by atoms with Crippen LogP contribution in [-0.4, -0.2) is 84.3 Å². The smallest absolute Gasteiger partial charge is 0.252 e. The lowest BCUT2D eigenvalue weighted by Gasteiger charge is -2.21. The zero-order chi connectivity index (χ0) is 29.9. The number of amides is 1. The summed E-state index contributed by atoms with van der Waals surface area (Å²) >= 11 is 0. The molecule has 43 heavy (non-hydrogen) atoms. The first-order chi connectivity index (χ1) is 20.9. The fourth-order valence-corrected chi connectivity index (χ4v) is 5.94. The number of fused-ring (bicyclic) bond motifs is 1. The number of nitrogens with zero attached hydrogens (tertiary/aromatic N) is 4. The van der Waals surface area contributed by atoms with Gasteiger partial charge in [-0.1, -0.05) is 60.7 Å². The van der Waals surface area contributed by atoms with Crippen molar-refractivity contribution in [1.29, 1.82) is 0 Å². The molecule has 2 fully saturated rings. The van der Waals surface area contributed by atoms with Gasteiger partial charge in [-0.2, -0.15) is 9.97 Å². The maximum Gasteiger partial charge on any atom is 0.252 e. The number of hydrogen-bond acceptors (Lipinski definition) is 10. The van der Waals surface area contributed by atoms with E-state index < -0.39 is 36.6 Å². The average molecular weight is 588 g/mol. The number of ether oxygens (including phenoxy) is 1. The van der Waals surface area contributed by atoms with Crippen molar-refractivity contribution < 1.29 is 24.9 Å². The fourth-order valence-electron chi connectivity index (χ4n) is 5.94. The van der Waals surface area contributed by atoms with Gasteiger partial charge in [0.15, 0.2) is 29.3 Å². The molecular formula is C31H37N7O5. The SMILES string of the molecule is CCNC(=O)[C@H]1O[C@@H](n2cnc3c(NCC(c4ccccc4)c4ccccc4)nc(NC4CCCC4O)nc32)[C@H](O)[C@@H]1O. The first-order valence-electron chi connectivity index (χ1n) is 14.8. The quantitative estimate of drug-likeness (QED) is 0.162. The molecule has 1 saturated heterocycles. The molecule has 1 aliphatic heterocycles. The Kier molecular flexibility index (Phi) is 8.52. The van der Waals surface area contributed by atoms with Gasteiger partial charge in [-0.05, 0) is 37.3 Å². The summed E-state index contributed by atoms with van der Waals surface area (Å²) in [6, 6.07) is 20.2.